The lowest BCUT2D eigenvalue weighted by atomic mass is 10.1. The molecule has 0 atom stereocenters. The van der Waals surface area contributed by atoms with Gasteiger partial charge in [0.25, 0.3) is 0 Å². The lowest BCUT2D eigenvalue weighted by Gasteiger charge is -2.12. The molecular weight excluding hydrogens is 464 g/mol. The van der Waals surface area contributed by atoms with Crippen LogP contribution in [-0.4, -0.2) is 37.7 Å². The number of pyridine rings is 1. The second-order valence-electron chi connectivity index (χ2n) is 8.73. The Labute approximate surface area is 209 Å². The van der Waals surface area contributed by atoms with Gasteiger partial charge in [-0.05, 0) is 89.1 Å². The molecule has 0 fully saturated rings. The number of esters is 1. The van der Waals surface area contributed by atoms with Crippen LogP contribution in [0.4, 0.5) is 0 Å². The molecule has 0 saturated heterocycles. The Balaban J connectivity index is 1.53. The van der Waals surface area contributed by atoms with E-state index in [2.05, 4.69) is 36.1 Å². The summed E-state index contributed by atoms with van der Waals surface area (Å²) in [6, 6.07) is 13.1. The van der Waals surface area contributed by atoms with Gasteiger partial charge in [0.05, 0.1) is 10.7 Å². The van der Waals surface area contributed by atoms with Crippen molar-refractivity contribution in [3.8, 4) is 11.5 Å². The molecule has 7 nitrogen and oxygen atoms in total. The van der Waals surface area contributed by atoms with Crippen molar-refractivity contribution in [2.24, 2.45) is 0 Å². The van der Waals surface area contributed by atoms with E-state index in [-0.39, 0.29) is 16.5 Å². The van der Waals surface area contributed by atoms with Gasteiger partial charge in [0.2, 0.25) is 5.78 Å². The minimum absolute atomic E-state index is 0.0647. The smallest absolute Gasteiger partial charge is 0.359 e. The molecule has 0 saturated carbocycles. The van der Waals surface area contributed by atoms with Gasteiger partial charge in [-0.1, -0.05) is 17.7 Å². The highest BCUT2D eigenvalue weighted by molar-refractivity contribution is 6.33. The normalized spacial score (nSPS) is 11.1. The maximum atomic E-state index is 13.0. The quantitative estimate of drug-likeness (QED) is 0.259. The van der Waals surface area contributed by atoms with Crippen molar-refractivity contribution in [1.82, 2.24) is 19.3 Å². The summed E-state index contributed by atoms with van der Waals surface area (Å²) in [6.07, 6.45) is 0. The fourth-order valence-corrected chi connectivity index (χ4v) is 4.32. The van der Waals surface area contributed by atoms with Crippen LogP contribution in [0, 0.1) is 41.5 Å². The molecule has 1 aromatic carbocycles. The molecule has 4 aromatic rings. The van der Waals surface area contributed by atoms with Crippen molar-refractivity contribution in [2.45, 2.75) is 41.5 Å². The van der Waals surface area contributed by atoms with E-state index < -0.39 is 12.6 Å². The molecule has 0 aliphatic rings. The summed E-state index contributed by atoms with van der Waals surface area (Å²) < 4.78 is 8.97. The average Bonchev–Trinajstić information content (AvgIpc) is 3.31. The maximum absolute atomic E-state index is 13.0. The summed E-state index contributed by atoms with van der Waals surface area (Å²) in [4.78, 5) is 30.1. The van der Waals surface area contributed by atoms with Gasteiger partial charge in [-0.25, -0.2) is 14.5 Å². The molecule has 35 heavy (non-hydrogen) atoms. The molecule has 4 rings (SSSR count). The van der Waals surface area contributed by atoms with E-state index in [1.165, 1.54) is 11.1 Å². The third-order valence-corrected chi connectivity index (χ3v) is 6.37. The molecule has 0 aliphatic heterocycles. The fraction of sp³-hybridized carbons (Fsp3) is 0.259. The molecule has 3 heterocycles. The topological polar surface area (TPSA) is 79.0 Å². The van der Waals surface area contributed by atoms with Gasteiger partial charge < -0.3 is 9.30 Å². The summed E-state index contributed by atoms with van der Waals surface area (Å²) in [5.74, 6) is -0.628. The van der Waals surface area contributed by atoms with Crippen molar-refractivity contribution in [2.75, 3.05) is 6.61 Å². The third-order valence-electron chi connectivity index (χ3n) is 6.07. The van der Waals surface area contributed by atoms with Crippen molar-refractivity contribution >= 4 is 23.4 Å². The molecule has 0 N–H and O–H groups in total. The van der Waals surface area contributed by atoms with Crippen molar-refractivity contribution in [3.05, 3.63) is 92.6 Å². The van der Waals surface area contributed by atoms with Crippen LogP contribution in [0.15, 0.2) is 42.5 Å². The zero-order chi connectivity index (χ0) is 25.4. The van der Waals surface area contributed by atoms with E-state index in [1.54, 1.807) is 16.8 Å². The SMILES string of the molecule is Cc1cc(C)n(-c2ccc(Cl)c(C(=O)OCC(=O)c3cc(C)n(-c4ccc(C)c(C)c4)c3C)n2)n1. The molecule has 0 aliphatic carbocycles. The second-order valence-corrected chi connectivity index (χ2v) is 9.13. The number of aromatic nitrogens is 4. The average molecular weight is 491 g/mol. The van der Waals surface area contributed by atoms with Gasteiger partial charge in [-0.15, -0.1) is 0 Å². The summed E-state index contributed by atoms with van der Waals surface area (Å²) in [5, 5.41) is 4.52. The molecule has 0 radical (unpaired) electrons. The minimum atomic E-state index is -0.769. The third kappa shape index (κ3) is 4.77. The lowest BCUT2D eigenvalue weighted by molar-refractivity contribution is 0.0469. The van der Waals surface area contributed by atoms with Crippen LogP contribution in [0.1, 0.15) is 54.7 Å². The van der Waals surface area contributed by atoms with Crippen LogP contribution < -0.4 is 0 Å². The number of Topliss-reactive ketones (excluding diaryl/α,β-unsaturated/α-hetero) is 1. The molecule has 180 valence electrons. The van der Waals surface area contributed by atoms with E-state index >= 15 is 0 Å². The number of aryl methyl sites for hydroxylation is 5. The number of halogens is 1. The van der Waals surface area contributed by atoms with Gasteiger partial charge in [0.1, 0.15) is 0 Å². The van der Waals surface area contributed by atoms with E-state index in [1.807, 2.05) is 50.5 Å². The summed E-state index contributed by atoms with van der Waals surface area (Å²) in [6.45, 7) is 11.3. The number of ketones is 1. The molecule has 0 amide bonds. The van der Waals surface area contributed by atoms with Gasteiger partial charge in [-0.2, -0.15) is 5.10 Å². The monoisotopic (exact) mass is 490 g/mol. The predicted octanol–water partition coefficient (Wildman–Crippen LogP) is 5.60. The van der Waals surface area contributed by atoms with Gasteiger partial charge in [0, 0.05) is 28.3 Å². The Morgan fingerprint density at radius 1 is 0.914 bits per heavy atom. The van der Waals surface area contributed by atoms with E-state index in [4.69, 9.17) is 16.3 Å². The van der Waals surface area contributed by atoms with Gasteiger partial charge >= 0.3 is 5.97 Å². The molecular formula is C27H27ClN4O3. The molecule has 8 heteroatoms. The largest absolute Gasteiger partial charge is 0.453 e. The number of ether oxygens (including phenoxy) is 1. The Kier molecular flexibility index (Phi) is 6.63. The van der Waals surface area contributed by atoms with E-state index in [0.29, 0.717) is 11.4 Å². The standard InChI is InChI=1S/C27H27ClN4O3/c1-15-7-8-21(11-16(15)2)31-18(4)13-22(20(31)6)24(33)14-35-27(34)26-23(28)9-10-25(29-26)32-19(5)12-17(3)30-32/h7-13H,14H2,1-6H3. The first-order valence-corrected chi connectivity index (χ1v) is 11.6. The van der Waals surface area contributed by atoms with Crippen molar-refractivity contribution < 1.29 is 14.3 Å². The van der Waals surface area contributed by atoms with Crippen LogP contribution in [0.25, 0.3) is 11.5 Å². The predicted molar refractivity (Wildman–Crippen MR) is 135 cm³/mol. The Morgan fingerprint density at radius 2 is 1.66 bits per heavy atom. The van der Waals surface area contributed by atoms with Crippen LogP contribution in [0.2, 0.25) is 5.02 Å². The number of nitrogens with zero attached hydrogens (tertiary/aromatic N) is 4. The van der Waals surface area contributed by atoms with Crippen LogP contribution in [0.5, 0.6) is 0 Å². The van der Waals surface area contributed by atoms with Crippen LogP contribution >= 0.6 is 11.6 Å². The Hall–Kier alpha value is -3.71. The van der Waals surface area contributed by atoms with Gasteiger partial charge in [-0.3, -0.25) is 4.79 Å². The van der Waals surface area contributed by atoms with E-state index in [0.717, 1.165) is 28.5 Å². The molecule has 0 spiro atoms. The first kappa shape index (κ1) is 24.4. The Morgan fingerprint density at radius 3 is 2.31 bits per heavy atom. The highest BCUT2D eigenvalue weighted by Gasteiger charge is 2.21. The van der Waals surface area contributed by atoms with Crippen molar-refractivity contribution in [1.29, 1.82) is 0 Å². The second kappa shape index (κ2) is 9.50. The highest BCUT2D eigenvalue weighted by atomic mass is 35.5. The summed E-state index contributed by atoms with van der Waals surface area (Å²) in [7, 11) is 0. The number of carbonyl (C=O) groups is 2. The van der Waals surface area contributed by atoms with Gasteiger partial charge in [0.15, 0.2) is 18.1 Å². The maximum Gasteiger partial charge on any atom is 0.359 e. The summed E-state index contributed by atoms with van der Waals surface area (Å²) in [5.41, 5.74) is 7.19. The molecule has 0 bridgehead atoms. The number of hydrogen-bond acceptors (Lipinski definition) is 5. The van der Waals surface area contributed by atoms with E-state index in [9.17, 15) is 9.59 Å². The summed E-state index contributed by atoms with van der Waals surface area (Å²) >= 11 is 6.22. The number of carbonyl (C=O) groups excluding carboxylic acids is 2. The lowest BCUT2D eigenvalue weighted by Crippen LogP contribution is -2.17. The molecule has 3 aromatic heterocycles. The number of hydrogen-bond donors (Lipinski definition) is 0. The van der Waals surface area contributed by atoms with Crippen LogP contribution in [-0.2, 0) is 4.74 Å². The zero-order valence-electron chi connectivity index (χ0n) is 20.6. The number of rotatable bonds is 6. The zero-order valence-corrected chi connectivity index (χ0v) is 21.4. The number of benzene rings is 1. The Bertz CT molecular complexity index is 1470. The van der Waals surface area contributed by atoms with Crippen molar-refractivity contribution in [3.63, 3.8) is 0 Å². The fourth-order valence-electron chi connectivity index (χ4n) is 4.14. The first-order valence-electron chi connectivity index (χ1n) is 11.2. The molecule has 0 unspecified atom stereocenters. The minimum Gasteiger partial charge on any atom is -0.453 e. The highest BCUT2D eigenvalue weighted by Crippen LogP contribution is 2.24. The van der Waals surface area contributed by atoms with Crippen LogP contribution in [0.3, 0.4) is 0 Å². The first-order chi connectivity index (χ1) is 16.6.